The van der Waals surface area contributed by atoms with E-state index in [1.165, 1.54) is 12.4 Å². The van der Waals surface area contributed by atoms with Crippen molar-refractivity contribution >= 4 is 15.9 Å². The molecule has 1 heterocycles. The maximum absolute atomic E-state index is 13.6. The first-order valence-electron chi connectivity index (χ1n) is 6.62. The van der Waals surface area contributed by atoms with E-state index >= 15 is 0 Å². The van der Waals surface area contributed by atoms with Crippen LogP contribution in [-0.4, -0.2) is 21.3 Å². The number of benzene rings is 1. The molecule has 0 aliphatic heterocycles. The van der Waals surface area contributed by atoms with Gasteiger partial charge in [0.1, 0.15) is 18.0 Å². The Hall–Kier alpha value is -1.27. The van der Waals surface area contributed by atoms with Crippen molar-refractivity contribution in [2.75, 3.05) is 6.54 Å². The molecule has 0 radical (unpaired) electrons. The molecular weight excluding hydrogens is 323 g/mol. The predicted octanol–water partition coefficient (Wildman–Crippen LogP) is 3.00. The Morgan fingerprint density at radius 3 is 2.80 bits per heavy atom. The van der Waals surface area contributed by atoms with Gasteiger partial charge in [-0.3, -0.25) is 4.68 Å². The summed E-state index contributed by atoms with van der Waals surface area (Å²) in [5.41, 5.74) is 0.910. The zero-order chi connectivity index (χ0) is 14.5. The smallest absolute Gasteiger partial charge is 0.138 e. The molecule has 108 valence electrons. The SMILES string of the molecule is CCCNC(Cc1ncnn1C)c1cc(F)cc(Br)c1. The van der Waals surface area contributed by atoms with Crippen molar-refractivity contribution in [1.82, 2.24) is 20.1 Å². The molecule has 0 aliphatic rings. The number of aryl methyl sites for hydroxylation is 1. The molecule has 0 amide bonds. The molecule has 1 N–H and O–H groups in total. The molecule has 0 saturated carbocycles. The maximum Gasteiger partial charge on any atom is 0.138 e. The van der Waals surface area contributed by atoms with Gasteiger partial charge in [-0.15, -0.1) is 0 Å². The van der Waals surface area contributed by atoms with Gasteiger partial charge in [0.25, 0.3) is 0 Å². The molecule has 2 aromatic rings. The van der Waals surface area contributed by atoms with E-state index in [4.69, 9.17) is 0 Å². The molecule has 0 fully saturated rings. The molecule has 6 heteroatoms. The number of aromatic nitrogens is 3. The van der Waals surface area contributed by atoms with Crippen LogP contribution in [0.4, 0.5) is 4.39 Å². The van der Waals surface area contributed by atoms with E-state index in [0.29, 0.717) is 6.42 Å². The number of rotatable bonds is 6. The molecule has 2 rings (SSSR count). The first kappa shape index (κ1) is 15.1. The lowest BCUT2D eigenvalue weighted by atomic mass is 10.0. The lowest BCUT2D eigenvalue weighted by Crippen LogP contribution is -2.25. The molecular formula is C14H18BrFN4. The highest BCUT2D eigenvalue weighted by atomic mass is 79.9. The fourth-order valence-electron chi connectivity index (χ4n) is 2.09. The van der Waals surface area contributed by atoms with Crippen LogP contribution in [0.1, 0.15) is 30.8 Å². The molecule has 1 atom stereocenters. The summed E-state index contributed by atoms with van der Waals surface area (Å²) in [6.45, 7) is 2.98. The summed E-state index contributed by atoms with van der Waals surface area (Å²) in [4.78, 5) is 4.24. The van der Waals surface area contributed by atoms with E-state index in [1.54, 1.807) is 10.7 Å². The van der Waals surface area contributed by atoms with E-state index in [9.17, 15) is 4.39 Å². The fraction of sp³-hybridized carbons (Fsp3) is 0.429. The predicted molar refractivity (Wildman–Crippen MR) is 79.8 cm³/mol. The van der Waals surface area contributed by atoms with Crippen LogP contribution >= 0.6 is 15.9 Å². The summed E-state index contributed by atoms with van der Waals surface area (Å²) in [6, 6.07) is 4.98. The standard InChI is InChI=1S/C14H18BrFN4/c1-3-4-17-13(8-14-18-9-19-20(14)2)10-5-11(15)7-12(16)6-10/h5-7,9,13,17H,3-4,8H2,1-2H3. The molecule has 4 nitrogen and oxygen atoms in total. The summed E-state index contributed by atoms with van der Waals surface area (Å²) in [7, 11) is 1.86. The molecule has 0 aliphatic carbocycles. The van der Waals surface area contributed by atoms with Gasteiger partial charge in [0.05, 0.1) is 0 Å². The van der Waals surface area contributed by atoms with Crippen LogP contribution in [0.25, 0.3) is 0 Å². The number of nitrogens with one attached hydrogen (secondary N) is 1. The Kier molecular flexibility index (Phi) is 5.25. The highest BCUT2D eigenvalue weighted by molar-refractivity contribution is 9.10. The minimum atomic E-state index is -0.240. The summed E-state index contributed by atoms with van der Waals surface area (Å²) >= 11 is 3.34. The number of hydrogen-bond donors (Lipinski definition) is 1. The second kappa shape index (κ2) is 6.95. The molecule has 0 spiro atoms. The first-order valence-corrected chi connectivity index (χ1v) is 7.41. The molecule has 1 aromatic carbocycles. The van der Waals surface area contributed by atoms with Crippen LogP contribution in [-0.2, 0) is 13.5 Å². The highest BCUT2D eigenvalue weighted by Crippen LogP contribution is 2.23. The monoisotopic (exact) mass is 340 g/mol. The van der Waals surface area contributed by atoms with Crippen LogP contribution in [0.3, 0.4) is 0 Å². The van der Waals surface area contributed by atoms with E-state index < -0.39 is 0 Å². The Bertz CT molecular complexity index is 550. The van der Waals surface area contributed by atoms with Gasteiger partial charge in [-0.05, 0) is 36.7 Å². The van der Waals surface area contributed by atoms with Gasteiger partial charge < -0.3 is 5.32 Å². The van der Waals surface area contributed by atoms with E-state index in [-0.39, 0.29) is 11.9 Å². The highest BCUT2D eigenvalue weighted by Gasteiger charge is 2.16. The van der Waals surface area contributed by atoms with Crippen LogP contribution in [0.15, 0.2) is 29.0 Å². The maximum atomic E-state index is 13.6. The van der Waals surface area contributed by atoms with Crippen molar-refractivity contribution in [3.63, 3.8) is 0 Å². The van der Waals surface area contributed by atoms with E-state index in [0.717, 1.165) is 28.8 Å². The Balaban J connectivity index is 2.24. The van der Waals surface area contributed by atoms with Gasteiger partial charge in [-0.25, -0.2) is 9.37 Å². The summed E-state index contributed by atoms with van der Waals surface area (Å²) in [6.07, 6.45) is 3.23. The fourth-order valence-corrected chi connectivity index (χ4v) is 2.57. The third kappa shape index (κ3) is 3.86. The van der Waals surface area contributed by atoms with Crippen LogP contribution < -0.4 is 5.32 Å². The van der Waals surface area contributed by atoms with Gasteiger partial charge in [0.15, 0.2) is 0 Å². The lowest BCUT2D eigenvalue weighted by molar-refractivity contribution is 0.502. The van der Waals surface area contributed by atoms with Crippen molar-refractivity contribution in [3.8, 4) is 0 Å². The molecule has 1 unspecified atom stereocenters. The van der Waals surface area contributed by atoms with Crippen molar-refractivity contribution in [2.24, 2.45) is 7.05 Å². The quantitative estimate of drug-likeness (QED) is 0.878. The zero-order valence-corrected chi connectivity index (χ0v) is 13.2. The van der Waals surface area contributed by atoms with Gasteiger partial charge >= 0.3 is 0 Å². The normalized spacial score (nSPS) is 12.6. The van der Waals surface area contributed by atoms with Gasteiger partial charge in [-0.2, -0.15) is 5.10 Å². The average Bonchev–Trinajstić information content (AvgIpc) is 2.78. The van der Waals surface area contributed by atoms with E-state index in [2.05, 4.69) is 38.3 Å². The second-order valence-corrected chi connectivity index (χ2v) is 5.63. The Labute approximate surface area is 126 Å². The number of hydrogen-bond acceptors (Lipinski definition) is 3. The summed E-state index contributed by atoms with van der Waals surface area (Å²) < 4.78 is 16.1. The van der Waals surface area contributed by atoms with Crippen LogP contribution in [0.2, 0.25) is 0 Å². The van der Waals surface area contributed by atoms with Crippen molar-refractivity contribution < 1.29 is 4.39 Å². The van der Waals surface area contributed by atoms with E-state index in [1.807, 2.05) is 13.1 Å². The van der Waals surface area contributed by atoms with Crippen molar-refractivity contribution in [3.05, 3.63) is 46.2 Å². The van der Waals surface area contributed by atoms with Crippen LogP contribution in [0, 0.1) is 5.82 Å². The molecule has 0 bridgehead atoms. The average molecular weight is 341 g/mol. The van der Waals surface area contributed by atoms with Gasteiger partial charge in [0, 0.05) is 24.0 Å². The third-order valence-electron chi connectivity index (χ3n) is 3.12. The summed E-state index contributed by atoms with van der Waals surface area (Å²) in [5.74, 6) is 0.634. The molecule has 1 aromatic heterocycles. The van der Waals surface area contributed by atoms with Gasteiger partial charge in [-0.1, -0.05) is 22.9 Å². The molecule has 0 saturated heterocycles. The third-order valence-corrected chi connectivity index (χ3v) is 3.58. The zero-order valence-electron chi connectivity index (χ0n) is 11.6. The van der Waals surface area contributed by atoms with Crippen LogP contribution in [0.5, 0.6) is 0 Å². The lowest BCUT2D eigenvalue weighted by Gasteiger charge is -2.19. The van der Waals surface area contributed by atoms with Gasteiger partial charge in [0.2, 0.25) is 0 Å². The Morgan fingerprint density at radius 1 is 1.40 bits per heavy atom. The molecule has 20 heavy (non-hydrogen) atoms. The topological polar surface area (TPSA) is 42.7 Å². The minimum absolute atomic E-state index is 0.0184. The number of nitrogens with zero attached hydrogens (tertiary/aromatic N) is 3. The summed E-state index contributed by atoms with van der Waals surface area (Å²) in [5, 5.41) is 7.51. The Morgan fingerprint density at radius 2 is 2.20 bits per heavy atom. The largest absolute Gasteiger partial charge is 0.310 e. The second-order valence-electron chi connectivity index (χ2n) is 4.71. The first-order chi connectivity index (χ1) is 9.60. The minimum Gasteiger partial charge on any atom is -0.310 e. The number of halogens is 2. The van der Waals surface area contributed by atoms with Crippen molar-refractivity contribution in [2.45, 2.75) is 25.8 Å². The van der Waals surface area contributed by atoms with Crippen molar-refractivity contribution in [1.29, 1.82) is 0 Å².